The van der Waals surface area contributed by atoms with Crippen molar-refractivity contribution in [2.24, 2.45) is 11.7 Å². The molecular formula is C10H20N2O2. The first-order valence-electron chi connectivity index (χ1n) is 4.91. The summed E-state index contributed by atoms with van der Waals surface area (Å²) in [7, 11) is 0. The fourth-order valence-electron chi connectivity index (χ4n) is 1.68. The maximum Gasteiger partial charge on any atom is 0.219 e. The molecule has 0 aliphatic heterocycles. The Bertz CT molecular complexity index is 208. The molecule has 0 bridgehead atoms. The molecule has 0 saturated heterocycles. The van der Waals surface area contributed by atoms with Crippen LogP contribution in [0.15, 0.2) is 0 Å². The number of carbonyl (C=O) groups is 2. The highest BCUT2D eigenvalue weighted by molar-refractivity contribution is 5.78. The van der Waals surface area contributed by atoms with Crippen LogP contribution in [0.3, 0.4) is 0 Å². The molecule has 4 heteroatoms. The van der Waals surface area contributed by atoms with Crippen molar-refractivity contribution in [3.8, 4) is 0 Å². The lowest BCUT2D eigenvalue weighted by Gasteiger charge is -2.36. The fraction of sp³-hybridized carbons (Fsp3) is 0.800. The van der Waals surface area contributed by atoms with Crippen LogP contribution in [0.2, 0.25) is 0 Å². The van der Waals surface area contributed by atoms with Crippen molar-refractivity contribution in [2.75, 3.05) is 0 Å². The van der Waals surface area contributed by atoms with Crippen molar-refractivity contribution in [1.82, 2.24) is 5.32 Å². The van der Waals surface area contributed by atoms with Gasteiger partial charge in [-0.25, -0.2) is 0 Å². The number of amides is 2. The van der Waals surface area contributed by atoms with Crippen molar-refractivity contribution in [3.05, 3.63) is 0 Å². The van der Waals surface area contributed by atoms with Gasteiger partial charge >= 0.3 is 0 Å². The van der Waals surface area contributed by atoms with Gasteiger partial charge in [0.25, 0.3) is 0 Å². The molecule has 0 aliphatic carbocycles. The Morgan fingerprint density at radius 3 is 2.14 bits per heavy atom. The van der Waals surface area contributed by atoms with E-state index in [-0.39, 0.29) is 24.2 Å². The van der Waals surface area contributed by atoms with Gasteiger partial charge in [-0.3, -0.25) is 9.59 Å². The second-order valence-electron chi connectivity index (χ2n) is 3.99. The molecule has 14 heavy (non-hydrogen) atoms. The SMILES string of the molecule is CCC(CC(N)=O)(NC(C)=O)C(C)C. The fourth-order valence-corrected chi connectivity index (χ4v) is 1.68. The molecule has 0 fully saturated rings. The van der Waals surface area contributed by atoms with Gasteiger partial charge in [0.2, 0.25) is 11.8 Å². The Kier molecular flexibility index (Phi) is 4.60. The van der Waals surface area contributed by atoms with E-state index in [9.17, 15) is 9.59 Å². The Morgan fingerprint density at radius 2 is 1.93 bits per heavy atom. The molecule has 0 rings (SSSR count). The molecule has 0 aliphatic rings. The predicted molar refractivity (Wildman–Crippen MR) is 55.5 cm³/mol. The summed E-state index contributed by atoms with van der Waals surface area (Å²) in [5.74, 6) is -0.319. The van der Waals surface area contributed by atoms with Gasteiger partial charge in [-0.1, -0.05) is 20.8 Å². The smallest absolute Gasteiger partial charge is 0.219 e. The number of hydrogen-bond donors (Lipinski definition) is 2. The third-order valence-corrected chi connectivity index (χ3v) is 2.65. The quantitative estimate of drug-likeness (QED) is 0.689. The van der Waals surface area contributed by atoms with Crippen LogP contribution >= 0.6 is 0 Å². The van der Waals surface area contributed by atoms with E-state index in [2.05, 4.69) is 5.32 Å². The van der Waals surface area contributed by atoms with Crippen LogP contribution in [0, 0.1) is 5.92 Å². The van der Waals surface area contributed by atoms with Crippen LogP contribution in [0.1, 0.15) is 40.5 Å². The van der Waals surface area contributed by atoms with E-state index in [1.807, 2.05) is 20.8 Å². The minimum atomic E-state index is -0.488. The maximum absolute atomic E-state index is 11.0. The highest BCUT2D eigenvalue weighted by Gasteiger charge is 2.34. The van der Waals surface area contributed by atoms with Gasteiger partial charge in [-0.2, -0.15) is 0 Å². The molecule has 0 heterocycles. The molecule has 0 aromatic heterocycles. The maximum atomic E-state index is 11.0. The van der Waals surface area contributed by atoms with E-state index in [1.54, 1.807) is 0 Å². The van der Waals surface area contributed by atoms with Crippen molar-refractivity contribution in [1.29, 1.82) is 0 Å². The topological polar surface area (TPSA) is 72.2 Å². The standard InChI is InChI=1S/C10H20N2O2/c1-5-10(7(2)3,6-9(11)14)12-8(4)13/h7H,5-6H2,1-4H3,(H2,11,14)(H,12,13). The van der Waals surface area contributed by atoms with Gasteiger partial charge in [0.05, 0.1) is 5.54 Å². The first-order chi connectivity index (χ1) is 6.34. The molecule has 3 N–H and O–H groups in total. The highest BCUT2D eigenvalue weighted by atomic mass is 16.2. The summed E-state index contributed by atoms with van der Waals surface area (Å²) in [4.78, 5) is 22.0. The second kappa shape index (κ2) is 4.98. The third kappa shape index (κ3) is 3.36. The summed E-state index contributed by atoms with van der Waals surface area (Å²) in [6.07, 6.45) is 0.897. The van der Waals surface area contributed by atoms with E-state index in [1.165, 1.54) is 6.92 Å². The second-order valence-corrected chi connectivity index (χ2v) is 3.99. The summed E-state index contributed by atoms with van der Waals surface area (Å²) in [6, 6.07) is 0. The van der Waals surface area contributed by atoms with Gasteiger partial charge in [0, 0.05) is 13.3 Å². The van der Waals surface area contributed by atoms with E-state index in [4.69, 9.17) is 5.73 Å². The Hall–Kier alpha value is -1.06. The van der Waals surface area contributed by atoms with Gasteiger partial charge in [-0.15, -0.1) is 0 Å². The lowest BCUT2D eigenvalue weighted by molar-refractivity contribution is -0.124. The largest absolute Gasteiger partial charge is 0.370 e. The normalized spacial score (nSPS) is 14.9. The molecule has 0 radical (unpaired) electrons. The summed E-state index contributed by atoms with van der Waals surface area (Å²) in [5, 5.41) is 2.83. The zero-order valence-electron chi connectivity index (χ0n) is 9.39. The molecule has 0 spiro atoms. The van der Waals surface area contributed by atoms with Crippen molar-refractivity contribution < 1.29 is 9.59 Å². The Labute approximate surface area is 85.2 Å². The van der Waals surface area contributed by atoms with Crippen LogP contribution in [0.4, 0.5) is 0 Å². The lowest BCUT2D eigenvalue weighted by Crippen LogP contribution is -2.53. The van der Waals surface area contributed by atoms with Gasteiger partial charge in [0.15, 0.2) is 0 Å². The van der Waals surface area contributed by atoms with Crippen molar-refractivity contribution in [2.45, 2.75) is 46.1 Å². The van der Waals surface area contributed by atoms with Gasteiger partial charge in [0.1, 0.15) is 0 Å². The first-order valence-corrected chi connectivity index (χ1v) is 4.91. The molecule has 82 valence electrons. The Balaban J connectivity index is 4.77. The van der Waals surface area contributed by atoms with E-state index in [0.717, 1.165) is 0 Å². The molecule has 4 nitrogen and oxygen atoms in total. The number of rotatable bonds is 5. The molecule has 2 amide bonds. The van der Waals surface area contributed by atoms with Crippen LogP contribution in [0.5, 0.6) is 0 Å². The third-order valence-electron chi connectivity index (χ3n) is 2.65. The molecular weight excluding hydrogens is 180 g/mol. The van der Waals surface area contributed by atoms with Crippen molar-refractivity contribution >= 4 is 11.8 Å². The van der Waals surface area contributed by atoms with Gasteiger partial charge in [-0.05, 0) is 12.3 Å². The Morgan fingerprint density at radius 1 is 1.43 bits per heavy atom. The number of nitrogens with one attached hydrogen (secondary N) is 1. The molecule has 0 saturated carbocycles. The van der Waals surface area contributed by atoms with E-state index >= 15 is 0 Å². The van der Waals surface area contributed by atoms with Crippen LogP contribution in [-0.2, 0) is 9.59 Å². The number of hydrogen-bond acceptors (Lipinski definition) is 2. The van der Waals surface area contributed by atoms with Crippen LogP contribution in [-0.4, -0.2) is 17.4 Å². The highest BCUT2D eigenvalue weighted by Crippen LogP contribution is 2.24. The average Bonchev–Trinajstić information content (AvgIpc) is 2.00. The molecule has 1 atom stereocenters. The number of carbonyl (C=O) groups excluding carboxylic acids is 2. The van der Waals surface area contributed by atoms with E-state index in [0.29, 0.717) is 6.42 Å². The monoisotopic (exact) mass is 200 g/mol. The number of nitrogens with two attached hydrogens (primary N) is 1. The zero-order valence-corrected chi connectivity index (χ0v) is 9.39. The van der Waals surface area contributed by atoms with Crippen LogP contribution < -0.4 is 11.1 Å². The minimum absolute atomic E-state index is 0.123. The first kappa shape index (κ1) is 12.9. The average molecular weight is 200 g/mol. The zero-order chi connectivity index (χ0) is 11.4. The lowest BCUT2D eigenvalue weighted by atomic mass is 9.80. The van der Waals surface area contributed by atoms with Crippen molar-refractivity contribution in [3.63, 3.8) is 0 Å². The summed E-state index contributed by atoms with van der Waals surface area (Å²) >= 11 is 0. The summed E-state index contributed by atoms with van der Waals surface area (Å²) < 4.78 is 0. The summed E-state index contributed by atoms with van der Waals surface area (Å²) in [6.45, 7) is 7.34. The molecule has 0 aromatic rings. The minimum Gasteiger partial charge on any atom is -0.370 e. The molecule has 0 aromatic carbocycles. The predicted octanol–water partition coefficient (Wildman–Crippen LogP) is 0.803. The van der Waals surface area contributed by atoms with Gasteiger partial charge < -0.3 is 11.1 Å². The summed E-state index contributed by atoms with van der Waals surface area (Å²) in [5.41, 5.74) is 4.69. The molecule has 1 unspecified atom stereocenters. The van der Waals surface area contributed by atoms with E-state index < -0.39 is 5.54 Å². The number of primary amides is 1. The van der Waals surface area contributed by atoms with Crippen LogP contribution in [0.25, 0.3) is 0 Å².